The van der Waals surface area contributed by atoms with Crippen LogP contribution in [0, 0.1) is 6.92 Å². The van der Waals surface area contributed by atoms with Crippen molar-refractivity contribution in [1.29, 1.82) is 0 Å². The van der Waals surface area contributed by atoms with Crippen molar-refractivity contribution in [1.82, 2.24) is 9.97 Å². The fraction of sp³-hybridized carbons (Fsp3) is 0.750. The van der Waals surface area contributed by atoms with Crippen LogP contribution in [0.2, 0.25) is 0 Å². The van der Waals surface area contributed by atoms with E-state index in [-0.39, 0.29) is 0 Å². The quantitative estimate of drug-likeness (QED) is 0.837. The summed E-state index contributed by atoms with van der Waals surface area (Å²) in [5.41, 5.74) is 1.14. The SMILES string of the molecule is CCCNc1ncnc(N2CCCC(OCCC)C2)c1C. The first-order chi connectivity index (χ1) is 10.3. The summed E-state index contributed by atoms with van der Waals surface area (Å²) in [5.74, 6) is 2.01. The number of nitrogens with one attached hydrogen (secondary N) is 1. The molecule has 5 heteroatoms. The largest absolute Gasteiger partial charge is 0.376 e. The summed E-state index contributed by atoms with van der Waals surface area (Å²) in [4.78, 5) is 11.2. The Kier molecular flexibility index (Phi) is 6.23. The Hall–Kier alpha value is -1.36. The highest BCUT2D eigenvalue weighted by atomic mass is 16.5. The van der Waals surface area contributed by atoms with E-state index in [0.717, 1.165) is 69.1 Å². The maximum absolute atomic E-state index is 5.92. The highest BCUT2D eigenvalue weighted by molar-refractivity contribution is 5.58. The Morgan fingerprint density at radius 2 is 2.19 bits per heavy atom. The van der Waals surface area contributed by atoms with Crippen molar-refractivity contribution in [3.8, 4) is 0 Å². The molecule has 0 aliphatic carbocycles. The monoisotopic (exact) mass is 292 g/mol. The normalized spacial score (nSPS) is 18.8. The van der Waals surface area contributed by atoms with Crippen molar-refractivity contribution in [3.05, 3.63) is 11.9 Å². The standard InChI is InChI=1S/C16H28N4O/c1-4-8-17-15-13(3)16(19-12-18-15)20-9-6-7-14(11-20)21-10-5-2/h12,14H,4-11H2,1-3H3,(H,17,18,19). The van der Waals surface area contributed by atoms with Crippen LogP contribution in [0.4, 0.5) is 11.6 Å². The van der Waals surface area contributed by atoms with Gasteiger partial charge in [0.1, 0.15) is 18.0 Å². The van der Waals surface area contributed by atoms with Gasteiger partial charge in [-0.05, 0) is 32.6 Å². The number of ether oxygens (including phenoxy) is 1. The molecular formula is C16H28N4O. The zero-order valence-corrected chi connectivity index (χ0v) is 13.6. The lowest BCUT2D eigenvalue weighted by atomic mass is 10.1. The predicted molar refractivity (Wildman–Crippen MR) is 87.0 cm³/mol. The Morgan fingerprint density at radius 1 is 1.33 bits per heavy atom. The second-order valence-electron chi connectivity index (χ2n) is 5.68. The fourth-order valence-electron chi connectivity index (χ4n) is 2.73. The molecule has 1 fully saturated rings. The first kappa shape index (κ1) is 16.0. The maximum Gasteiger partial charge on any atom is 0.137 e. The van der Waals surface area contributed by atoms with Crippen LogP contribution in [0.3, 0.4) is 0 Å². The molecule has 1 aliphatic heterocycles. The van der Waals surface area contributed by atoms with E-state index in [1.807, 2.05) is 0 Å². The van der Waals surface area contributed by atoms with Crippen LogP contribution in [0.25, 0.3) is 0 Å². The molecule has 0 aromatic carbocycles. The van der Waals surface area contributed by atoms with Gasteiger partial charge in [0.05, 0.1) is 6.10 Å². The number of nitrogens with zero attached hydrogens (tertiary/aromatic N) is 3. The van der Waals surface area contributed by atoms with Crippen molar-refractivity contribution >= 4 is 11.6 Å². The lowest BCUT2D eigenvalue weighted by Crippen LogP contribution is -2.40. The van der Waals surface area contributed by atoms with Crippen LogP contribution in [0.15, 0.2) is 6.33 Å². The zero-order chi connectivity index (χ0) is 15.1. The Bertz CT molecular complexity index is 438. The van der Waals surface area contributed by atoms with E-state index in [1.165, 1.54) is 0 Å². The Morgan fingerprint density at radius 3 is 2.95 bits per heavy atom. The highest BCUT2D eigenvalue weighted by Crippen LogP contribution is 2.25. The molecule has 2 rings (SSSR count). The molecule has 1 N–H and O–H groups in total. The summed E-state index contributed by atoms with van der Waals surface area (Å²) in [6, 6.07) is 0. The van der Waals surface area contributed by atoms with Crippen molar-refractivity contribution < 1.29 is 4.74 Å². The van der Waals surface area contributed by atoms with Crippen LogP contribution in [-0.4, -0.2) is 42.3 Å². The number of piperidine rings is 1. The molecule has 0 radical (unpaired) electrons. The molecule has 0 amide bonds. The van der Waals surface area contributed by atoms with E-state index < -0.39 is 0 Å². The van der Waals surface area contributed by atoms with Crippen LogP contribution < -0.4 is 10.2 Å². The van der Waals surface area contributed by atoms with E-state index >= 15 is 0 Å². The smallest absolute Gasteiger partial charge is 0.137 e. The van der Waals surface area contributed by atoms with Gasteiger partial charge in [-0.15, -0.1) is 0 Å². The molecule has 1 aromatic heterocycles. The minimum atomic E-state index is 0.333. The molecule has 0 bridgehead atoms. The molecule has 1 aliphatic rings. The van der Waals surface area contributed by atoms with Gasteiger partial charge in [-0.3, -0.25) is 0 Å². The van der Waals surface area contributed by atoms with Crippen LogP contribution in [0.1, 0.15) is 45.1 Å². The Labute approximate surface area is 128 Å². The molecule has 0 saturated carbocycles. The lowest BCUT2D eigenvalue weighted by Gasteiger charge is -2.34. The molecule has 0 spiro atoms. The van der Waals surface area contributed by atoms with Crippen LogP contribution >= 0.6 is 0 Å². The van der Waals surface area contributed by atoms with Gasteiger partial charge in [0, 0.05) is 31.8 Å². The molecule has 118 valence electrons. The second-order valence-corrected chi connectivity index (χ2v) is 5.68. The van der Waals surface area contributed by atoms with Crippen LogP contribution in [0.5, 0.6) is 0 Å². The van der Waals surface area contributed by atoms with E-state index in [0.29, 0.717) is 6.10 Å². The first-order valence-corrected chi connectivity index (χ1v) is 8.18. The second kappa shape index (κ2) is 8.17. The van der Waals surface area contributed by atoms with Gasteiger partial charge in [-0.1, -0.05) is 13.8 Å². The van der Waals surface area contributed by atoms with Crippen molar-refractivity contribution in [3.63, 3.8) is 0 Å². The van der Waals surface area contributed by atoms with E-state index in [4.69, 9.17) is 4.74 Å². The number of aromatic nitrogens is 2. The molecule has 1 unspecified atom stereocenters. The third kappa shape index (κ3) is 4.30. The van der Waals surface area contributed by atoms with Gasteiger partial charge >= 0.3 is 0 Å². The van der Waals surface area contributed by atoms with E-state index in [1.54, 1.807) is 6.33 Å². The predicted octanol–water partition coefficient (Wildman–Crippen LogP) is 3.00. The summed E-state index contributed by atoms with van der Waals surface area (Å²) >= 11 is 0. The third-order valence-electron chi connectivity index (χ3n) is 3.84. The minimum Gasteiger partial charge on any atom is -0.376 e. The molecule has 21 heavy (non-hydrogen) atoms. The molecule has 1 aromatic rings. The molecule has 1 atom stereocenters. The van der Waals surface area contributed by atoms with Crippen molar-refractivity contribution in [2.24, 2.45) is 0 Å². The first-order valence-electron chi connectivity index (χ1n) is 8.18. The molecule has 1 saturated heterocycles. The summed E-state index contributed by atoms with van der Waals surface area (Å²) in [5, 5.41) is 3.38. The van der Waals surface area contributed by atoms with Crippen molar-refractivity contribution in [2.45, 2.75) is 52.6 Å². The number of anilines is 2. The maximum atomic E-state index is 5.92. The lowest BCUT2D eigenvalue weighted by molar-refractivity contribution is 0.0439. The number of hydrogen-bond donors (Lipinski definition) is 1. The summed E-state index contributed by atoms with van der Waals surface area (Å²) < 4.78 is 5.92. The third-order valence-corrected chi connectivity index (χ3v) is 3.84. The van der Waals surface area contributed by atoms with Crippen molar-refractivity contribution in [2.75, 3.05) is 36.5 Å². The van der Waals surface area contributed by atoms with E-state index in [2.05, 4.69) is 41.0 Å². The van der Waals surface area contributed by atoms with Gasteiger partial charge in [0.15, 0.2) is 0 Å². The Balaban J connectivity index is 2.06. The van der Waals surface area contributed by atoms with Crippen LogP contribution in [-0.2, 0) is 4.74 Å². The fourth-order valence-corrected chi connectivity index (χ4v) is 2.73. The van der Waals surface area contributed by atoms with Gasteiger partial charge in [-0.2, -0.15) is 0 Å². The van der Waals surface area contributed by atoms with Gasteiger partial charge in [0.2, 0.25) is 0 Å². The summed E-state index contributed by atoms with van der Waals surface area (Å²) in [6.07, 6.45) is 6.48. The van der Waals surface area contributed by atoms with E-state index in [9.17, 15) is 0 Å². The van der Waals surface area contributed by atoms with Gasteiger partial charge < -0.3 is 15.0 Å². The van der Waals surface area contributed by atoms with Gasteiger partial charge in [-0.25, -0.2) is 9.97 Å². The number of hydrogen-bond acceptors (Lipinski definition) is 5. The number of rotatable bonds is 7. The minimum absolute atomic E-state index is 0.333. The average molecular weight is 292 g/mol. The molecule has 2 heterocycles. The van der Waals surface area contributed by atoms with Gasteiger partial charge in [0.25, 0.3) is 0 Å². The molecular weight excluding hydrogens is 264 g/mol. The average Bonchev–Trinajstić information content (AvgIpc) is 2.52. The topological polar surface area (TPSA) is 50.3 Å². The zero-order valence-electron chi connectivity index (χ0n) is 13.6. The summed E-state index contributed by atoms with van der Waals surface area (Å²) in [6.45, 7) is 10.2. The molecule has 5 nitrogen and oxygen atoms in total. The summed E-state index contributed by atoms with van der Waals surface area (Å²) in [7, 11) is 0. The highest BCUT2D eigenvalue weighted by Gasteiger charge is 2.23.